The number of carbonyl (C=O) groups is 1. The summed E-state index contributed by atoms with van der Waals surface area (Å²) in [4.78, 5) is 21.5. The number of aryl methyl sites for hydroxylation is 1. The minimum absolute atomic E-state index is 0.145. The molecule has 0 aliphatic carbocycles. The largest absolute Gasteiger partial charge is 0.469 e. The van der Waals surface area contributed by atoms with Crippen molar-refractivity contribution in [2.24, 2.45) is 0 Å². The van der Waals surface area contributed by atoms with E-state index < -0.39 is 5.92 Å². The Morgan fingerprint density at radius 3 is 2.57 bits per heavy atom. The molecule has 0 aliphatic heterocycles. The molecule has 5 aromatic rings. The maximum atomic E-state index is 13.2. The van der Waals surface area contributed by atoms with E-state index in [0.717, 1.165) is 50.3 Å². The monoisotopic (exact) mass is 466 g/mol. The van der Waals surface area contributed by atoms with Crippen molar-refractivity contribution in [1.29, 1.82) is 0 Å². The Bertz CT molecular complexity index is 1520. The zero-order chi connectivity index (χ0) is 24.7. The number of aromatic amines is 1. The quantitative estimate of drug-likeness (QED) is 0.323. The third-order valence-corrected chi connectivity index (χ3v) is 6.54. The number of nitrogens with zero attached hydrogens (tertiary/aromatic N) is 3. The van der Waals surface area contributed by atoms with Crippen molar-refractivity contribution in [3.63, 3.8) is 0 Å². The first kappa shape index (κ1) is 22.8. The molecule has 6 nitrogen and oxygen atoms in total. The molecule has 0 spiro atoms. The number of ether oxygens (including phenoxy) is 1. The number of aromatic nitrogens is 4. The summed E-state index contributed by atoms with van der Waals surface area (Å²) in [5.41, 5.74) is 7.12. The summed E-state index contributed by atoms with van der Waals surface area (Å²) in [7, 11) is 1.44. The summed E-state index contributed by atoms with van der Waals surface area (Å²) >= 11 is 0. The Morgan fingerprint density at radius 1 is 1.09 bits per heavy atom. The smallest absolute Gasteiger partial charge is 0.313 e. The second kappa shape index (κ2) is 8.69. The van der Waals surface area contributed by atoms with Crippen LogP contribution in [0.25, 0.3) is 27.8 Å². The lowest BCUT2D eigenvalue weighted by atomic mass is 9.87. The molecule has 2 aromatic carbocycles. The average Bonchev–Trinajstić information content (AvgIpc) is 3.48. The molecule has 5 rings (SSSR count). The van der Waals surface area contributed by atoms with Crippen molar-refractivity contribution in [3.8, 4) is 11.3 Å². The predicted molar refractivity (Wildman–Crippen MR) is 139 cm³/mol. The molecule has 0 fully saturated rings. The molecular formula is C29H30N4O2. The maximum absolute atomic E-state index is 13.2. The number of benzene rings is 2. The Labute approximate surface area is 205 Å². The van der Waals surface area contributed by atoms with Crippen LogP contribution in [-0.4, -0.2) is 32.7 Å². The highest BCUT2D eigenvalue weighted by molar-refractivity contribution is 5.88. The van der Waals surface area contributed by atoms with Gasteiger partial charge in [-0.15, -0.1) is 0 Å². The van der Waals surface area contributed by atoms with Crippen LogP contribution in [0.3, 0.4) is 0 Å². The Balaban J connectivity index is 1.82. The highest BCUT2D eigenvalue weighted by Crippen LogP contribution is 2.36. The molecule has 1 atom stereocenters. The minimum atomic E-state index is -0.532. The predicted octanol–water partition coefficient (Wildman–Crippen LogP) is 5.98. The van der Waals surface area contributed by atoms with Gasteiger partial charge in [0, 0.05) is 40.0 Å². The molecule has 178 valence electrons. The van der Waals surface area contributed by atoms with E-state index in [0.29, 0.717) is 6.42 Å². The van der Waals surface area contributed by atoms with Gasteiger partial charge in [-0.2, -0.15) is 5.10 Å². The van der Waals surface area contributed by atoms with Crippen molar-refractivity contribution >= 4 is 22.5 Å². The summed E-state index contributed by atoms with van der Waals surface area (Å²) < 4.78 is 7.21. The van der Waals surface area contributed by atoms with Gasteiger partial charge in [-0.25, -0.2) is 9.50 Å². The topological polar surface area (TPSA) is 72.3 Å². The Kier molecular flexibility index (Phi) is 5.67. The molecule has 0 saturated heterocycles. The van der Waals surface area contributed by atoms with Crippen LogP contribution in [-0.2, 0) is 21.4 Å². The van der Waals surface area contributed by atoms with Crippen LogP contribution >= 0.6 is 0 Å². The molecule has 1 N–H and O–H groups in total. The first-order valence-corrected chi connectivity index (χ1v) is 11.9. The second-order valence-electron chi connectivity index (χ2n) is 10.1. The summed E-state index contributed by atoms with van der Waals surface area (Å²) in [6, 6.07) is 20.4. The average molecular weight is 467 g/mol. The molecule has 3 heterocycles. The van der Waals surface area contributed by atoms with E-state index in [1.807, 2.05) is 60.1 Å². The van der Waals surface area contributed by atoms with Crippen LogP contribution in [0.1, 0.15) is 49.2 Å². The van der Waals surface area contributed by atoms with Gasteiger partial charge in [-0.1, -0.05) is 63.2 Å². The number of esters is 1. The van der Waals surface area contributed by atoms with E-state index >= 15 is 0 Å². The number of hydrogen-bond acceptors (Lipinski definition) is 4. The standard InChI is InChI=1S/C29H30N4O2/c1-18-26(22(28(34)35-5)15-19-9-7-6-8-10-19)27(21-12-11-20-13-14-30-23(20)16-21)33-25(31-18)17-24(32-33)29(2,3)4/h6-14,16-17,22,30H,15H2,1-5H3. The lowest BCUT2D eigenvalue weighted by Gasteiger charge is -2.22. The van der Waals surface area contributed by atoms with E-state index in [4.69, 9.17) is 14.8 Å². The van der Waals surface area contributed by atoms with Gasteiger partial charge in [0.2, 0.25) is 0 Å². The third kappa shape index (κ3) is 4.20. The highest BCUT2D eigenvalue weighted by Gasteiger charge is 2.31. The number of nitrogens with one attached hydrogen (secondary N) is 1. The SMILES string of the molecule is COC(=O)C(Cc1ccccc1)c1c(C)nc2cc(C(C)(C)C)nn2c1-c1ccc2cc[nH]c2c1. The van der Waals surface area contributed by atoms with E-state index in [1.54, 1.807) is 0 Å². The molecule has 0 saturated carbocycles. The number of rotatable bonds is 5. The fourth-order valence-electron chi connectivity index (χ4n) is 4.68. The fraction of sp³-hybridized carbons (Fsp3) is 0.276. The van der Waals surface area contributed by atoms with Gasteiger partial charge in [0.05, 0.1) is 24.4 Å². The van der Waals surface area contributed by atoms with E-state index in [9.17, 15) is 4.79 Å². The molecule has 0 radical (unpaired) electrons. The van der Waals surface area contributed by atoms with Crippen molar-refractivity contribution in [2.75, 3.05) is 7.11 Å². The number of fused-ring (bicyclic) bond motifs is 2. The number of hydrogen-bond donors (Lipinski definition) is 1. The normalized spacial score (nSPS) is 12.8. The van der Waals surface area contributed by atoms with Crippen LogP contribution in [0.4, 0.5) is 0 Å². The fourth-order valence-corrected chi connectivity index (χ4v) is 4.68. The van der Waals surface area contributed by atoms with Crippen LogP contribution < -0.4 is 0 Å². The maximum Gasteiger partial charge on any atom is 0.313 e. The van der Waals surface area contributed by atoms with Crippen LogP contribution in [0.15, 0.2) is 66.9 Å². The molecular weight excluding hydrogens is 436 g/mol. The van der Waals surface area contributed by atoms with Gasteiger partial charge >= 0.3 is 5.97 Å². The summed E-state index contributed by atoms with van der Waals surface area (Å²) in [5, 5.41) is 6.12. The van der Waals surface area contributed by atoms with Gasteiger partial charge < -0.3 is 9.72 Å². The molecule has 0 bridgehead atoms. The molecule has 35 heavy (non-hydrogen) atoms. The van der Waals surface area contributed by atoms with Crippen molar-refractivity contribution in [2.45, 2.75) is 45.4 Å². The molecule has 0 aliphatic rings. The van der Waals surface area contributed by atoms with Crippen LogP contribution in [0.5, 0.6) is 0 Å². The first-order valence-electron chi connectivity index (χ1n) is 11.9. The van der Waals surface area contributed by atoms with Crippen LogP contribution in [0, 0.1) is 6.92 Å². The van der Waals surface area contributed by atoms with E-state index in [2.05, 4.69) is 44.0 Å². The van der Waals surface area contributed by atoms with Gasteiger partial charge in [0.15, 0.2) is 5.65 Å². The second-order valence-corrected chi connectivity index (χ2v) is 10.1. The minimum Gasteiger partial charge on any atom is -0.469 e. The number of carbonyl (C=O) groups excluding carboxylic acids is 1. The lowest BCUT2D eigenvalue weighted by molar-refractivity contribution is -0.142. The van der Waals surface area contributed by atoms with Crippen LogP contribution in [0.2, 0.25) is 0 Å². The van der Waals surface area contributed by atoms with E-state index in [1.165, 1.54) is 7.11 Å². The Hall–Kier alpha value is -3.93. The zero-order valence-corrected chi connectivity index (χ0v) is 20.8. The van der Waals surface area contributed by atoms with E-state index in [-0.39, 0.29) is 11.4 Å². The summed E-state index contributed by atoms with van der Waals surface area (Å²) in [6.45, 7) is 8.39. The van der Waals surface area contributed by atoms with Crippen molar-refractivity contribution in [3.05, 3.63) is 89.4 Å². The summed E-state index contributed by atoms with van der Waals surface area (Å²) in [6.07, 6.45) is 2.44. The zero-order valence-electron chi connectivity index (χ0n) is 20.8. The van der Waals surface area contributed by atoms with Gasteiger partial charge in [0.25, 0.3) is 0 Å². The molecule has 6 heteroatoms. The van der Waals surface area contributed by atoms with Gasteiger partial charge in [-0.3, -0.25) is 4.79 Å². The van der Waals surface area contributed by atoms with Crippen molar-refractivity contribution in [1.82, 2.24) is 19.6 Å². The lowest BCUT2D eigenvalue weighted by Crippen LogP contribution is -2.21. The number of methoxy groups -OCH3 is 1. The Morgan fingerprint density at radius 2 is 1.86 bits per heavy atom. The van der Waals surface area contributed by atoms with Gasteiger partial charge in [-0.05, 0) is 36.4 Å². The molecule has 1 unspecified atom stereocenters. The number of H-pyrrole nitrogens is 1. The molecule has 3 aromatic heterocycles. The van der Waals surface area contributed by atoms with Gasteiger partial charge in [0.1, 0.15) is 0 Å². The highest BCUT2D eigenvalue weighted by atomic mass is 16.5. The first-order chi connectivity index (χ1) is 16.8. The van der Waals surface area contributed by atoms with Crippen molar-refractivity contribution < 1.29 is 9.53 Å². The summed E-state index contributed by atoms with van der Waals surface area (Å²) in [5.74, 6) is -0.820. The third-order valence-electron chi connectivity index (χ3n) is 6.54. The molecule has 0 amide bonds.